The number of carboxylic acids is 3. The SMILES string of the molecule is CCCCC(C(=O)O)C(C(=O)O)(C(=O)O)C(=O)OCCC. The second-order valence-corrected chi connectivity index (χ2v) is 4.59. The van der Waals surface area contributed by atoms with Crippen molar-refractivity contribution in [1.29, 1.82) is 0 Å². The number of hydrogen-bond acceptors (Lipinski definition) is 5. The minimum atomic E-state index is -3.13. The van der Waals surface area contributed by atoms with E-state index in [0.29, 0.717) is 12.8 Å². The molecule has 0 aliphatic rings. The average Bonchev–Trinajstić information content (AvgIpc) is 2.39. The Kier molecular flexibility index (Phi) is 7.40. The number of hydrogen-bond donors (Lipinski definition) is 3. The highest BCUT2D eigenvalue weighted by Gasteiger charge is 2.63. The standard InChI is InChI=1S/C13H20O8/c1-3-5-6-8(9(14)15)13(10(16)17,11(18)19)12(20)21-7-4-2/h8H,3-7H2,1-2H3,(H,14,15)(H,16,17)(H,18,19). The lowest BCUT2D eigenvalue weighted by Gasteiger charge is -2.28. The summed E-state index contributed by atoms with van der Waals surface area (Å²) in [6, 6.07) is 0. The van der Waals surface area contributed by atoms with Crippen LogP contribution in [0.5, 0.6) is 0 Å². The fourth-order valence-electron chi connectivity index (χ4n) is 1.95. The highest BCUT2D eigenvalue weighted by Crippen LogP contribution is 2.35. The first kappa shape index (κ1) is 18.9. The molecule has 0 aliphatic heterocycles. The number of aliphatic carboxylic acids is 3. The lowest BCUT2D eigenvalue weighted by atomic mass is 9.72. The van der Waals surface area contributed by atoms with E-state index in [1.54, 1.807) is 13.8 Å². The van der Waals surface area contributed by atoms with Crippen LogP contribution >= 0.6 is 0 Å². The highest BCUT2D eigenvalue weighted by atomic mass is 16.5. The van der Waals surface area contributed by atoms with E-state index in [9.17, 15) is 34.5 Å². The first-order chi connectivity index (χ1) is 9.76. The molecule has 8 nitrogen and oxygen atoms in total. The van der Waals surface area contributed by atoms with Crippen molar-refractivity contribution in [1.82, 2.24) is 0 Å². The first-order valence-corrected chi connectivity index (χ1v) is 6.63. The molecule has 0 rings (SSSR count). The maximum absolute atomic E-state index is 12.0. The minimum Gasteiger partial charge on any atom is -0.481 e. The predicted octanol–water partition coefficient (Wildman–Crippen LogP) is 0.986. The van der Waals surface area contributed by atoms with Crippen molar-refractivity contribution < 1.29 is 39.2 Å². The molecule has 0 aromatic carbocycles. The molecule has 0 saturated heterocycles. The van der Waals surface area contributed by atoms with Crippen LogP contribution in [0.25, 0.3) is 0 Å². The fraction of sp³-hybridized carbons (Fsp3) is 0.692. The molecular weight excluding hydrogens is 284 g/mol. The molecule has 0 amide bonds. The van der Waals surface area contributed by atoms with Crippen molar-refractivity contribution in [3.8, 4) is 0 Å². The second kappa shape index (κ2) is 8.23. The van der Waals surface area contributed by atoms with Gasteiger partial charge in [-0.15, -0.1) is 0 Å². The van der Waals surface area contributed by atoms with Crippen LogP contribution in [0.2, 0.25) is 0 Å². The fourth-order valence-corrected chi connectivity index (χ4v) is 1.95. The van der Waals surface area contributed by atoms with Crippen LogP contribution in [0.1, 0.15) is 39.5 Å². The van der Waals surface area contributed by atoms with Crippen LogP contribution < -0.4 is 0 Å². The molecule has 0 fully saturated rings. The molecule has 8 heteroatoms. The van der Waals surface area contributed by atoms with Crippen LogP contribution in [0.3, 0.4) is 0 Å². The molecule has 21 heavy (non-hydrogen) atoms. The predicted molar refractivity (Wildman–Crippen MR) is 69.6 cm³/mol. The Morgan fingerprint density at radius 2 is 1.52 bits per heavy atom. The Balaban J connectivity index is 5.84. The van der Waals surface area contributed by atoms with Gasteiger partial charge in [0.05, 0.1) is 12.5 Å². The molecular formula is C13H20O8. The number of carboxylic acid groups (broad SMARTS) is 3. The third-order valence-corrected chi connectivity index (χ3v) is 3.10. The van der Waals surface area contributed by atoms with Gasteiger partial charge in [-0.1, -0.05) is 26.7 Å². The zero-order valence-corrected chi connectivity index (χ0v) is 12.0. The molecule has 3 N–H and O–H groups in total. The molecule has 120 valence electrons. The Hall–Kier alpha value is -2.12. The van der Waals surface area contributed by atoms with Gasteiger partial charge in [-0.25, -0.2) is 0 Å². The van der Waals surface area contributed by atoms with Gasteiger partial charge in [-0.2, -0.15) is 0 Å². The summed E-state index contributed by atoms with van der Waals surface area (Å²) in [6.07, 6.45) is 0.919. The average molecular weight is 304 g/mol. The molecule has 0 aromatic rings. The van der Waals surface area contributed by atoms with E-state index in [1.165, 1.54) is 0 Å². The number of carbonyl (C=O) groups excluding carboxylic acids is 1. The number of carbonyl (C=O) groups is 4. The van der Waals surface area contributed by atoms with Gasteiger partial charge < -0.3 is 20.1 Å². The van der Waals surface area contributed by atoms with Crippen molar-refractivity contribution in [2.75, 3.05) is 6.61 Å². The van der Waals surface area contributed by atoms with Crippen LogP contribution in [0.4, 0.5) is 0 Å². The van der Waals surface area contributed by atoms with Gasteiger partial charge in [0, 0.05) is 0 Å². The Morgan fingerprint density at radius 1 is 1.00 bits per heavy atom. The molecule has 0 radical (unpaired) electrons. The topological polar surface area (TPSA) is 138 Å². The van der Waals surface area contributed by atoms with Gasteiger partial charge in [0.1, 0.15) is 0 Å². The zero-order chi connectivity index (χ0) is 16.6. The molecule has 0 aliphatic carbocycles. The van der Waals surface area contributed by atoms with Gasteiger partial charge in [-0.05, 0) is 12.8 Å². The van der Waals surface area contributed by atoms with E-state index in [2.05, 4.69) is 4.74 Å². The third kappa shape index (κ3) is 3.93. The smallest absolute Gasteiger partial charge is 0.336 e. The van der Waals surface area contributed by atoms with Gasteiger partial charge in [-0.3, -0.25) is 19.2 Å². The van der Waals surface area contributed by atoms with Crippen molar-refractivity contribution in [2.24, 2.45) is 11.3 Å². The molecule has 1 atom stereocenters. The van der Waals surface area contributed by atoms with E-state index >= 15 is 0 Å². The van der Waals surface area contributed by atoms with E-state index in [4.69, 9.17) is 0 Å². The van der Waals surface area contributed by atoms with Gasteiger partial charge in [0.15, 0.2) is 0 Å². The summed E-state index contributed by atoms with van der Waals surface area (Å²) in [5, 5.41) is 27.6. The van der Waals surface area contributed by atoms with E-state index in [-0.39, 0.29) is 19.4 Å². The largest absolute Gasteiger partial charge is 0.481 e. The number of esters is 1. The van der Waals surface area contributed by atoms with Gasteiger partial charge in [0.2, 0.25) is 0 Å². The molecule has 0 aromatic heterocycles. The van der Waals surface area contributed by atoms with E-state index in [0.717, 1.165) is 0 Å². The summed E-state index contributed by atoms with van der Waals surface area (Å²) in [6.45, 7) is 3.20. The van der Waals surface area contributed by atoms with Crippen molar-refractivity contribution in [2.45, 2.75) is 39.5 Å². The minimum absolute atomic E-state index is 0.179. The first-order valence-electron chi connectivity index (χ1n) is 6.63. The summed E-state index contributed by atoms with van der Waals surface area (Å²) in [4.78, 5) is 46.1. The summed E-state index contributed by atoms with van der Waals surface area (Å²) in [7, 11) is 0. The van der Waals surface area contributed by atoms with Crippen molar-refractivity contribution >= 4 is 23.9 Å². The lowest BCUT2D eigenvalue weighted by Crippen LogP contribution is -2.55. The third-order valence-electron chi connectivity index (χ3n) is 3.10. The van der Waals surface area contributed by atoms with Crippen molar-refractivity contribution in [3.05, 3.63) is 0 Å². The van der Waals surface area contributed by atoms with E-state index < -0.39 is 35.2 Å². The molecule has 0 spiro atoms. The van der Waals surface area contributed by atoms with E-state index in [1.807, 2.05) is 0 Å². The Morgan fingerprint density at radius 3 is 1.86 bits per heavy atom. The molecule has 1 unspecified atom stereocenters. The highest BCUT2D eigenvalue weighted by molar-refractivity contribution is 6.19. The van der Waals surface area contributed by atoms with Gasteiger partial charge >= 0.3 is 23.9 Å². The summed E-state index contributed by atoms with van der Waals surface area (Å²) >= 11 is 0. The van der Waals surface area contributed by atoms with Crippen molar-refractivity contribution in [3.63, 3.8) is 0 Å². The summed E-state index contributed by atoms with van der Waals surface area (Å²) in [5.74, 6) is -9.15. The van der Waals surface area contributed by atoms with Crippen LogP contribution in [-0.4, -0.2) is 45.8 Å². The quantitative estimate of drug-likeness (QED) is 0.401. The zero-order valence-electron chi connectivity index (χ0n) is 12.0. The number of ether oxygens (including phenoxy) is 1. The molecule has 0 bridgehead atoms. The second-order valence-electron chi connectivity index (χ2n) is 4.59. The summed E-state index contributed by atoms with van der Waals surface area (Å²) < 4.78 is 4.63. The van der Waals surface area contributed by atoms with Crippen LogP contribution in [0, 0.1) is 11.3 Å². The molecule has 0 heterocycles. The van der Waals surface area contributed by atoms with Gasteiger partial charge in [0.25, 0.3) is 5.41 Å². The number of unbranched alkanes of at least 4 members (excludes halogenated alkanes) is 1. The molecule has 0 saturated carbocycles. The lowest BCUT2D eigenvalue weighted by molar-refractivity contribution is -0.188. The maximum Gasteiger partial charge on any atom is 0.336 e. The van der Waals surface area contributed by atoms with Crippen LogP contribution in [-0.2, 0) is 23.9 Å². The summed E-state index contributed by atoms with van der Waals surface area (Å²) in [5.41, 5.74) is -3.13. The monoisotopic (exact) mass is 304 g/mol. The number of rotatable bonds is 10. The maximum atomic E-state index is 12.0. The Labute approximate surface area is 121 Å². The Bertz CT molecular complexity index is 400. The van der Waals surface area contributed by atoms with Crippen LogP contribution in [0.15, 0.2) is 0 Å². The normalized spacial score (nSPS) is 12.5.